The number of pyridine rings is 1. The third kappa shape index (κ3) is 2.94. The number of hydrogen-bond acceptors (Lipinski definition) is 2. The second kappa shape index (κ2) is 5.00. The smallest absolute Gasteiger partial charge is 0.256 e. The Balaban J connectivity index is 2.18. The van der Waals surface area contributed by atoms with Crippen LogP contribution in [0.2, 0.25) is 0 Å². The molecule has 0 aliphatic carbocycles. The van der Waals surface area contributed by atoms with Gasteiger partial charge in [-0.2, -0.15) is 0 Å². The van der Waals surface area contributed by atoms with E-state index in [-0.39, 0.29) is 5.91 Å². The minimum Gasteiger partial charge on any atom is -0.307 e. The highest BCUT2D eigenvalue weighted by molar-refractivity contribution is 6.03. The van der Waals surface area contributed by atoms with Crippen LogP contribution in [0.25, 0.3) is 0 Å². The maximum absolute atomic E-state index is 12.0. The lowest BCUT2D eigenvalue weighted by Crippen LogP contribution is -2.13. The monoisotopic (exact) mass is 240 g/mol. The third-order valence-corrected chi connectivity index (χ3v) is 2.65. The second-order valence-corrected chi connectivity index (χ2v) is 4.49. The van der Waals surface area contributed by atoms with Crippen molar-refractivity contribution < 1.29 is 4.79 Å². The number of amides is 1. The first-order valence-electron chi connectivity index (χ1n) is 5.88. The molecule has 3 heteroatoms. The average molecular weight is 240 g/mol. The van der Waals surface area contributed by atoms with Crippen molar-refractivity contribution in [3.05, 3.63) is 58.8 Å². The summed E-state index contributed by atoms with van der Waals surface area (Å²) < 4.78 is 0. The summed E-state index contributed by atoms with van der Waals surface area (Å²) in [5, 5.41) is 2.81. The standard InChI is InChI=1S/C15H16N2O/c1-10-4-6-13(7-5-10)15(18)17-14-9-11(2)8-12(3)16-14/h4-9H,1-3H3,(H,16,17,18). The number of aryl methyl sites for hydroxylation is 3. The maximum atomic E-state index is 12.0. The zero-order valence-electron chi connectivity index (χ0n) is 10.8. The van der Waals surface area contributed by atoms with Gasteiger partial charge in [0.25, 0.3) is 5.91 Å². The van der Waals surface area contributed by atoms with Gasteiger partial charge in [0.05, 0.1) is 0 Å². The summed E-state index contributed by atoms with van der Waals surface area (Å²) in [7, 11) is 0. The van der Waals surface area contributed by atoms with Gasteiger partial charge in [0.2, 0.25) is 0 Å². The van der Waals surface area contributed by atoms with Crippen LogP contribution in [-0.2, 0) is 0 Å². The Morgan fingerprint density at radius 1 is 1.00 bits per heavy atom. The highest BCUT2D eigenvalue weighted by Crippen LogP contribution is 2.11. The van der Waals surface area contributed by atoms with Crippen molar-refractivity contribution in [1.29, 1.82) is 0 Å². The van der Waals surface area contributed by atoms with Gasteiger partial charge in [-0.15, -0.1) is 0 Å². The topological polar surface area (TPSA) is 42.0 Å². The molecule has 0 aliphatic heterocycles. The van der Waals surface area contributed by atoms with Crippen molar-refractivity contribution in [3.63, 3.8) is 0 Å². The number of benzene rings is 1. The van der Waals surface area contributed by atoms with Gasteiger partial charge in [0.1, 0.15) is 5.82 Å². The van der Waals surface area contributed by atoms with Crippen molar-refractivity contribution in [1.82, 2.24) is 4.98 Å². The molecule has 18 heavy (non-hydrogen) atoms. The van der Waals surface area contributed by atoms with Gasteiger partial charge in [0.15, 0.2) is 0 Å². The minimum atomic E-state index is -0.132. The van der Waals surface area contributed by atoms with Crippen LogP contribution in [0.5, 0.6) is 0 Å². The van der Waals surface area contributed by atoms with E-state index in [1.54, 1.807) is 0 Å². The summed E-state index contributed by atoms with van der Waals surface area (Å²) in [5.41, 5.74) is 3.76. The predicted octanol–water partition coefficient (Wildman–Crippen LogP) is 3.26. The van der Waals surface area contributed by atoms with Crippen LogP contribution in [0.4, 0.5) is 5.82 Å². The Bertz CT molecular complexity index is 553. The Kier molecular flexibility index (Phi) is 3.42. The van der Waals surface area contributed by atoms with Crippen LogP contribution < -0.4 is 5.32 Å². The number of rotatable bonds is 2. The number of aromatic nitrogens is 1. The van der Waals surface area contributed by atoms with Crippen LogP contribution in [0.3, 0.4) is 0 Å². The summed E-state index contributed by atoms with van der Waals surface area (Å²) in [6, 6.07) is 11.3. The van der Waals surface area contributed by atoms with Crippen LogP contribution in [0, 0.1) is 20.8 Å². The van der Waals surface area contributed by atoms with Crippen LogP contribution in [0.1, 0.15) is 27.2 Å². The van der Waals surface area contributed by atoms with E-state index in [0.29, 0.717) is 11.4 Å². The molecule has 2 aromatic rings. The molecule has 0 unspecified atom stereocenters. The van der Waals surface area contributed by atoms with Gasteiger partial charge >= 0.3 is 0 Å². The van der Waals surface area contributed by atoms with Gasteiger partial charge in [-0.1, -0.05) is 17.7 Å². The van der Waals surface area contributed by atoms with E-state index in [1.807, 2.05) is 57.2 Å². The molecule has 0 atom stereocenters. The van der Waals surface area contributed by atoms with E-state index in [2.05, 4.69) is 10.3 Å². The Morgan fingerprint density at radius 2 is 1.67 bits per heavy atom. The molecule has 0 aliphatic rings. The van der Waals surface area contributed by atoms with Gasteiger partial charge in [0, 0.05) is 11.3 Å². The zero-order valence-corrected chi connectivity index (χ0v) is 10.8. The van der Waals surface area contributed by atoms with Crippen LogP contribution >= 0.6 is 0 Å². The SMILES string of the molecule is Cc1ccc(C(=O)Nc2cc(C)cc(C)n2)cc1. The van der Waals surface area contributed by atoms with Crippen molar-refractivity contribution in [2.45, 2.75) is 20.8 Å². The number of hydrogen-bond donors (Lipinski definition) is 1. The van der Waals surface area contributed by atoms with E-state index in [1.165, 1.54) is 0 Å². The molecule has 1 heterocycles. The van der Waals surface area contributed by atoms with Gasteiger partial charge in [-0.05, 0) is 50.6 Å². The lowest BCUT2D eigenvalue weighted by Gasteiger charge is -2.06. The normalized spacial score (nSPS) is 10.2. The molecule has 2 rings (SSSR count). The molecule has 3 nitrogen and oxygen atoms in total. The molecule has 1 aromatic heterocycles. The van der Waals surface area contributed by atoms with Crippen LogP contribution in [0.15, 0.2) is 36.4 Å². The molecular formula is C15H16N2O. The van der Waals surface area contributed by atoms with E-state index < -0.39 is 0 Å². The largest absolute Gasteiger partial charge is 0.307 e. The van der Waals surface area contributed by atoms with Crippen molar-refractivity contribution in [2.75, 3.05) is 5.32 Å². The highest BCUT2D eigenvalue weighted by Gasteiger charge is 2.06. The summed E-state index contributed by atoms with van der Waals surface area (Å²) in [5.74, 6) is 0.463. The first-order chi connectivity index (χ1) is 8.54. The predicted molar refractivity (Wildman–Crippen MR) is 72.8 cm³/mol. The maximum Gasteiger partial charge on any atom is 0.256 e. The first kappa shape index (κ1) is 12.3. The molecule has 0 bridgehead atoms. The summed E-state index contributed by atoms with van der Waals surface area (Å²) >= 11 is 0. The fraction of sp³-hybridized carbons (Fsp3) is 0.200. The number of anilines is 1. The zero-order chi connectivity index (χ0) is 13.1. The van der Waals surface area contributed by atoms with E-state index in [0.717, 1.165) is 16.8 Å². The van der Waals surface area contributed by atoms with E-state index in [4.69, 9.17) is 0 Å². The molecule has 1 N–H and O–H groups in total. The van der Waals surface area contributed by atoms with Gasteiger partial charge in [-0.3, -0.25) is 4.79 Å². The molecule has 0 spiro atoms. The molecule has 0 radical (unpaired) electrons. The summed E-state index contributed by atoms with van der Waals surface area (Å²) in [4.78, 5) is 16.3. The lowest BCUT2D eigenvalue weighted by molar-refractivity contribution is 0.102. The van der Waals surface area contributed by atoms with Gasteiger partial charge < -0.3 is 5.32 Å². The molecule has 0 saturated heterocycles. The van der Waals surface area contributed by atoms with E-state index >= 15 is 0 Å². The number of carbonyl (C=O) groups is 1. The molecule has 0 saturated carbocycles. The van der Waals surface area contributed by atoms with E-state index in [9.17, 15) is 4.79 Å². The Morgan fingerprint density at radius 3 is 2.28 bits per heavy atom. The van der Waals surface area contributed by atoms with Gasteiger partial charge in [-0.25, -0.2) is 4.98 Å². The fourth-order valence-electron chi connectivity index (χ4n) is 1.80. The molecular weight excluding hydrogens is 224 g/mol. The second-order valence-electron chi connectivity index (χ2n) is 4.49. The molecule has 1 aromatic carbocycles. The summed E-state index contributed by atoms with van der Waals surface area (Å²) in [6.07, 6.45) is 0. The van der Waals surface area contributed by atoms with Crippen LogP contribution in [-0.4, -0.2) is 10.9 Å². The Hall–Kier alpha value is -2.16. The Labute approximate surface area is 107 Å². The summed E-state index contributed by atoms with van der Waals surface area (Å²) in [6.45, 7) is 5.89. The highest BCUT2D eigenvalue weighted by atomic mass is 16.1. The number of carbonyl (C=O) groups excluding carboxylic acids is 1. The molecule has 92 valence electrons. The first-order valence-corrected chi connectivity index (χ1v) is 5.88. The minimum absolute atomic E-state index is 0.132. The average Bonchev–Trinajstić information content (AvgIpc) is 2.28. The molecule has 0 fully saturated rings. The lowest BCUT2D eigenvalue weighted by atomic mass is 10.1. The number of nitrogens with one attached hydrogen (secondary N) is 1. The van der Waals surface area contributed by atoms with Crippen molar-refractivity contribution in [2.24, 2.45) is 0 Å². The fourth-order valence-corrected chi connectivity index (χ4v) is 1.80. The quantitative estimate of drug-likeness (QED) is 0.875. The molecule has 1 amide bonds. The third-order valence-electron chi connectivity index (χ3n) is 2.65. The van der Waals surface area contributed by atoms with Crippen molar-refractivity contribution >= 4 is 11.7 Å². The van der Waals surface area contributed by atoms with Crippen molar-refractivity contribution in [3.8, 4) is 0 Å². The number of nitrogens with zero attached hydrogens (tertiary/aromatic N) is 1.